The van der Waals surface area contributed by atoms with Crippen molar-refractivity contribution >= 4 is 45.0 Å². The summed E-state index contributed by atoms with van der Waals surface area (Å²) in [5.41, 5.74) is 4.32. The number of benzene rings is 3. The zero-order chi connectivity index (χ0) is 19.3. The number of aromatic nitrogens is 1. The number of nitrogens with zero attached hydrogens (tertiary/aromatic N) is 2. The lowest BCUT2D eigenvalue weighted by Crippen LogP contribution is -1.85. The predicted octanol–water partition coefficient (Wildman–Crippen LogP) is 6.68. The van der Waals surface area contributed by atoms with Crippen LogP contribution in [0.15, 0.2) is 86.7 Å². The van der Waals surface area contributed by atoms with Crippen LogP contribution in [-0.4, -0.2) is 18.3 Å². The van der Waals surface area contributed by atoms with Crippen LogP contribution in [0.25, 0.3) is 28.6 Å². The van der Waals surface area contributed by atoms with Crippen LogP contribution in [-0.2, 0) is 0 Å². The maximum absolute atomic E-state index is 5.88. The molecule has 0 saturated heterocycles. The summed E-state index contributed by atoms with van der Waals surface area (Å²) in [6.07, 6.45) is 5.70. The van der Waals surface area contributed by atoms with Crippen LogP contribution in [0.1, 0.15) is 5.56 Å². The first-order valence-corrected chi connectivity index (χ1v) is 9.52. The number of ether oxygens (including phenoxy) is 1. The van der Waals surface area contributed by atoms with Gasteiger partial charge in [0.1, 0.15) is 11.3 Å². The average molecular weight is 433 g/mol. The Morgan fingerprint density at radius 2 is 1.89 bits per heavy atom. The zero-order valence-corrected chi connectivity index (χ0v) is 16.8. The van der Waals surface area contributed by atoms with Gasteiger partial charge in [-0.25, -0.2) is 4.98 Å². The van der Waals surface area contributed by atoms with Gasteiger partial charge < -0.3 is 9.15 Å². The third kappa shape index (κ3) is 4.05. The van der Waals surface area contributed by atoms with Crippen molar-refractivity contribution in [3.8, 4) is 17.2 Å². The minimum Gasteiger partial charge on any atom is -0.496 e. The molecule has 0 atom stereocenters. The van der Waals surface area contributed by atoms with Gasteiger partial charge in [0.25, 0.3) is 0 Å². The molecule has 0 N–H and O–H groups in total. The molecule has 0 saturated carbocycles. The second-order valence-corrected chi connectivity index (χ2v) is 6.92. The molecule has 3 aromatic carbocycles. The predicted molar refractivity (Wildman–Crippen MR) is 117 cm³/mol. The van der Waals surface area contributed by atoms with Crippen molar-refractivity contribution in [2.45, 2.75) is 0 Å². The van der Waals surface area contributed by atoms with E-state index in [0.717, 1.165) is 38.1 Å². The number of oxazole rings is 1. The zero-order valence-electron chi connectivity index (χ0n) is 15.2. The van der Waals surface area contributed by atoms with Gasteiger partial charge in [0.05, 0.1) is 17.3 Å². The van der Waals surface area contributed by atoms with Crippen molar-refractivity contribution in [1.82, 2.24) is 4.98 Å². The highest BCUT2D eigenvalue weighted by molar-refractivity contribution is 9.10. The Morgan fingerprint density at radius 3 is 2.68 bits per heavy atom. The Kier molecular flexibility index (Phi) is 5.35. The molecule has 0 aliphatic carbocycles. The van der Waals surface area contributed by atoms with Crippen molar-refractivity contribution in [2.24, 2.45) is 4.99 Å². The van der Waals surface area contributed by atoms with Gasteiger partial charge in [-0.05, 0) is 64.0 Å². The molecule has 0 amide bonds. The van der Waals surface area contributed by atoms with Crippen LogP contribution in [0, 0.1) is 0 Å². The molecule has 0 aliphatic rings. The first-order valence-electron chi connectivity index (χ1n) is 8.73. The molecule has 1 heterocycles. The molecule has 5 heteroatoms. The van der Waals surface area contributed by atoms with Gasteiger partial charge in [-0.1, -0.05) is 36.4 Å². The first kappa shape index (κ1) is 18.2. The van der Waals surface area contributed by atoms with E-state index in [-0.39, 0.29) is 0 Å². The van der Waals surface area contributed by atoms with E-state index in [1.807, 2.05) is 78.9 Å². The topological polar surface area (TPSA) is 47.6 Å². The van der Waals surface area contributed by atoms with Crippen LogP contribution < -0.4 is 4.74 Å². The molecular formula is C23H17BrN2O2. The lowest BCUT2D eigenvalue weighted by molar-refractivity contribution is 0.412. The van der Waals surface area contributed by atoms with E-state index in [0.29, 0.717) is 5.89 Å². The number of halogens is 1. The van der Waals surface area contributed by atoms with Gasteiger partial charge in [-0.3, -0.25) is 4.99 Å². The smallest absolute Gasteiger partial charge is 0.227 e. The SMILES string of the molecule is COc1ccc(-c2nc3cc(N=CC=Cc4ccccc4)ccc3o2)cc1Br. The van der Waals surface area contributed by atoms with Crippen molar-refractivity contribution in [3.05, 3.63) is 82.8 Å². The van der Waals surface area contributed by atoms with Crippen molar-refractivity contribution in [2.75, 3.05) is 7.11 Å². The molecule has 4 aromatic rings. The molecule has 4 nitrogen and oxygen atoms in total. The summed E-state index contributed by atoms with van der Waals surface area (Å²) in [6, 6.07) is 21.5. The van der Waals surface area contributed by atoms with E-state index in [1.165, 1.54) is 0 Å². The quantitative estimate of drug-likeness (QED) is 0.330. The molecule has 0 aliphatic heterocycles. The van der Waals surface area contributed by atoms with Gasteiger partial charge in [-0.2, -0.15) is 0 Å². The summed E-state index contributed by atoms with van der Waals surface area (Å²) >= 11 is 3.49. The Labute approximate surface area is 171 Å². The van der Waals surface area contributed by atoms with Gasteiger partial charge in [0.15, 0.2) is 5.58 Å². The normalized spacial score (nSPS) is 11.6. The Hall–Kier alpha value is -3.18. The standard InChI is InChI=1S/C23H17BrN2O2/c1-27-21-11-9-17(14-19(21)24)23-26-20-15-18(10-12-22(20)28-23)25-13-5-8-16-6-3-2-4-7-16/h2-15H,1H3. The van der Waals surface area contributed by atoms with Crippen LogP contribution >= 0.6 is 15.9 Å². The highest BCUT2D eigenvalue weighted by Crippen LogP contribution is 2.32. The number of rotatable bonds is 5. The second kappa shape index (κ2) is 8.23. The Morgan fingerprint density at radius 1 is 1.04 bits per heavy atom. The fourth-order valence-corrected chi connectivity index (χ4v) is 3.31. The highest BCUT2D eigenvalue weighted by atomic mass is 79.9. The Balaban J connectivity index is 1.55. The van der Waals surface area contributed by atoms with E-state index < -0.39 is 0 Å². The molecular weight excluding hydrogens is 416 g/mol. The summed E-state index contributed by atoms with van der Waals surface area (Å²) in [4.78, 5) is 9.07. The third-order valence-electron chi connectivity index (χ3n) is 4.17. The molecule has 4 rings (SSSR count). The van der Waals surface area contributed by atoms with E-state index >= 15 is 0 Å². The Bertz CT molecular complexity index is 1160. The number of hydrogen-bond acceptors (Lipinski definition) is 4. The first-order chi connectivity index (χ1) is 13.7. The summed E-state index contributed by atoms with van der Waals surface area (Å²) in [5.74, 6) is 1.32. The highest BCUT2D eigenvalue weighted by Gasteiger charge is 2.11. The van der Waals surface area contributed by atoms with Crippen LogP contribution in [0.4, 0.5) is 5.69 Å². The molecule has 0 fully saturated rings. The van der Waals surface area contributed by atoms with E-state index in [1.54, 1.807) is 13.3 Å². The summed E-state index contributed by atoms with van der Waals surface area (Å²) in [7, 11) is 1.64. The second-order valence-electron chi connectivity index (χ2n) is 6.07. The van der Waals surface area contributed by atoms with Crippen molar-refractivity contribution in [1.29, 1.82) is 0 Å². The monoisotopic (exact) mass is 432 g/mol. The van der Waals surface area contributed by atoms with E-state index in [2.05, 4.69) is 25.9 Å². The van der Waals surface area contributed by atoms with Gasteiger partial charge in [0, 0.05) is 11.8 Å². The van der Waals surface area contributed by atoms with Crippen LogP contribution in [0.5, 0.6) is 5.75 Å². The molecule has 0 bridgehead atoms. The van der Waals surface area contributed by atoms with Crippen molar-refractivity contribution in [3.63, 3.8) is 0 Å². The number of methoxy groups -OCH3 is 1. The van der Waals surface area contributed by atoms with Crippen LogP contribution in [0.2, 0.25) is 0 Å². The van der Waals surface area contributed by atoms with Crippen molar-refractivity contribution < 1.29 is 9.15 Å². The minimum atomic E-state index is 0.559. The number of allylic oxidation sites excluding steroid dienone is 1. The number of fused-ring (bicyclic) bond motifs is 1. The maximum Gasteiger partial charge on any atom is 0.227 e. The molecule has 0 radical (unpaired) electrons. The third-order valence-corrected chi connectivity index (χ3v) is 4.79. The molecule has 0 unspecified atom stereocenters. The summed E-state index contributed by atoms with van der Waals surface area (Å²) < 4.78 is 12.0. The molecule has 138 valence electrons. The van der Waals surface area contributed by atoms with E-state index in [4.69, 9.17) is 9.15 Å². The maximum atomic E-state index is 5.88. The largest absolute Gasteiger partial charge is 0.496 e. The lowest BCUT2D eigenvalue weighted by Gasteiger charge is -2.03. The molecule has 1 aromatic heterocycles. The molecule has 0 spiro atoms. The van der Waals surface area contributed by atoms with Gasteiger partial charge in [-0.15, -0.1) is 0 Å². The van der Waals surface area contributed by atoms with E-state index in [9.17, 15) is 0 Å². The van der Waals surface area contributed by atoms with Gasteiger partial charge >= 0.3 is 0 Å². The molecule has 28 heavy (non-hydrogen) atoms. The number of hydrogen-bond donors (Lipinski definition) is 0. The van der Waals surface area contributed by atoms with Crippen LogP contribution in [0.3, 0.4) is 0 Å². The fraction of sp³-hybridized carbons (Fsp3) is 0.0435. The minimum absolute atomic E-state index is 0.559. The average Bonchev–Trinajstić information content (AvgIpc) is 3.15. The number of aliphatic imine (C=N–C) groups is 1. The summed E-state index contributed by atoms with van der Waals surface area (Å²) in [6.45, 7) is 0. The van der Waals surface area contributed by atoms with Gasteiger partial charge in [0.2, 0.25) is 5.89 Å². The lowest BCUT2D eigenvalue weighted by atomic mass is 10.2. The fourth-order valence-electron chi connectivity index (χ4n) is 2.77. The summed E-state index contributed by atoms with van der Waals surface area (Å²) in [5, 5.41) is 0.